The molecule has 36 heavy (non-hydrogen) atoms. The summed E-state index contributed by atoms with van der Waals surface area (Å²) >= 11 is 12.3. The number of hydrogen-bond donors (Lipinski definition) is 1. The number of carbonyl (C=O) groups excluding carboxylic acids is 2. The first-order valence-corrected chi connectivity index (χ1v) is 14.3. The van der Waals surface area contributed by atoms with E-state index in [0.29, 0.717) is 5.56 Å². The molecule has 0 radical (unpaired) electrons. The lowest BCUT2D eigenvalue weighted by molar-refractivity contribution is -0.139. The van der Waals surface area contributed by atoms with Gasteiger partial charge in [0.05, 0.1) is 22.0 Å². The molecule has 0 aliphatic heterocycles. The fraction of sp³-hybridized carbons (Fsp3) is 0.440. The van der Waals surface area contributed by atoms with Gasteiger partial charge in [0.15, 0.2) is 0 Å². The van der Waals surface area contributed by atoms with E-state index in [1.54, 1.807) is 6.92 Å². The maximum atomic E-state index is 13.6. The van der Waals surface area contributed by atoms with Crippen LogP contribution in [0.1, 0.15) is 44.6 Å². The van der Waals surface area contributed by atoms with Gasteiger partial charge < -0.3 is 10.2 Å². The predicted octanol–water partition coefficient (Wildman–Crippen LogP) is 4.76. The van der Waals surface area contributed by atoms with E-state index in [1.807, 2.05) is 0 Å². The molecule has 0 spiro atoms. The highest BCUT2D eigenvalue weighted by Crippen LogP contribution is 2.33. The first-order chi connectivity index (χ1) is 17.0. The molecule has 2 aromatic carbocycles. The quantitative estimate of drug-likeness (QED) is 0.481. The second-order valence-corrected chi connectivity index (χ2v) is 11.7. The van der Waals surface area contributed by atoms with Crippen LogP contribution >= 0.6 is 23.2 Å². The molecule has 0 aromatic heterocycles. The van der Waals surface area contributed by atoms with E-state index >= 15 is 0 Å². The molecule has 1 aliphatic rings. The molecule has 0 bridgehead atoms. The molecule has 0 unspecified atom stereocenters. The first-order valence-electron chi connectivity index (χ1n) is 11.7. The number of rotatable bonds is 9. The largest absolute Gasteiger partial charge is 0.352 e. The number of nitrogens with one attached hydrogen (secondary N) is 1. The number of benzene rings is 2. The topological polar surface area (TPSA) is 86.8 Å². The Morgan fingerprint density at radius 2 is 1.72 bits per heavy atom. The number of sulfonamides is 1. The molecule has 1 N–H and O–H groups in total. The smallest absolute Gasteiger partial charge is 0.244 e. The Morgan fingerprint density at radius 1 is 1.08 bits per heavy atom. The van der Waals surface area contributed by atoms with Crippen molar-refractivity contribution in [3.05, 3.63) is 63.9 Å². The Kier molecular flexibility index (Phi) is 9.60. The molecule has 1 atom stereocenters. The zero-order valence-electron chi connectivity index (χ0n) is 20.2. The van der Waals surface area contributed by atoms with Crippen LogP contribution in [0.25, 0.3) is 0 Å². The van der Waals surface area contributed by atoms with Crippen LogP contribution in [0.5, 0.6) is 0 Å². The Hall–Kier alpha value is -2.36. The molecule has 1 fully saturated rings. The molecular formula is C25H30Cl2FN3O4S. The highest BCUT2D eigenvalue weighted by atomic mass is 35.5. The van der Waals surface area contributed by atoms with Gasteiger partial charge in [0, 0.05) is 12.6 Å². The van der Waals surface area contributed by atoms with Gasteiger partial charge in [-0.1, -0.05) is 60.7 Å². The molecule has 0 heterocycles. The standard InChI is InChI=1S/C25H30Cl2FN3O4S/c1-17(25(33)29-20-7-4-3-5-8-20)30(15-18-11-13-19(28)14-12-18)23(32)16-31(36(2,34)35)22-10-6-9-21(26)24(22)27/h6,9-14,17,20H,3-5,7-8,15-16H2,1-2H3,(H,29,33)/t17-/m1/s1. The second-order valence-electron chi connectivity index (χ2n) is 9.01. The molecule has 11 heteroatoms. The van der Waals surface area contributed by atoms with Gasteiger partial charge in [-0.15, -0.1) is 0 Å². The molecule has 3 rings (SSSR count). The van der Waals surface area contributed by atoms with E-state index in [4.69, 9.17) is 23.2 Å². The zero-order valence-corrected chi connectivity index (χ0v) is 22.5. The fourth-order valence-electron chi connectivity index (χ4n) is 4.22. The van der Waals surface area contributed by atoms with Gasteiger partial charge in [-0.05, 0) is 49.6 Å². The summed E-state index contributed by atoms with van der Waals surface area (Å²) in [4.78, 5) is 28.0. The highest BCUT2D eigenvalue weighted by molar-refractivity contribution is 7.92. The minimum atomic E-state index is -3.94. The predicted molar refractivity (Wildman–Crippen MR) is 140 cm³/mol. The normalized spacial score (nSPS) is 15.2. The molecular weight excluding hydrogens is 528 g/mol. The SMILES string of the molecule is C[C@H](C(=O)NC1CCCCC1)N(Cc1ccc(F)cc1)C(=O)CN(c1cccc(Cl)c1Cl)S(C)(=O)=O. The van der Waals surface area contributed by atoms with Gasteiger partial charge >= 0.3 is 0 Å². The lowest BCUT2D eigenvalue weighted by Crippen LogP contribution is -2.53. The van der Waals surface area contributed by atoms with Crippen molar-refractivity contribution in [2.45, 2.75) is 57.7 Å². The van der Waals surface area contributed by atoms with Crippen LogP contribution in [0.4, 0.5) is 10.1 Å². The Balaban J connectivity index is 1.89. The second kappa shape index (κ2) is 12.3. The summed E-state index contributed by atoms with van der Waals surface area (Å²) in [5.41, 5.74) is 0.648. The lowest BCUT2D eigenvalue weighted by Gasteiger charge is -2.33. The first kappa shape index (κ1) is 28.2. The van der Waals surface area contributed by atoms with E-state index in [-0.39, 0.29) is 34.2 Å². The summed E-state index contributed by atoms with van der Waals surface area (Å²) in [6, 6.07) is 9.18. The van der Waals surface area contributed by atoms with Crippen LogP contribution in [0, 0.1) is 5.82 Å². The molecule has 1 aliphatic carbocycles. The van der Waals surface area contributed by atoms with Gasteiger partial charge in [0.2, 0.25) is 21.8 Å². The van der Waals surface area contributed by atoms with Crippen LogP contribution in [0.2, 0.25) is 10.0 Å². The van der Waals surface area contributed by atoms with Crippen molar-refractivity contribution in [1.29, 1.82) is 0 Å². The van der Waals surface area contributed by atoms with E-state index in [1.165, 1.54) is 47.4 Å². The number of anilines is 1. The fourth-order valence-corrected chi connectivity index (χ4v) is 5.52. The average Bonchev–Trinajstić information content (AvgIpc) is 2.83. The van der Waals surface area contributed by atoms with Crippen molar-refractivity contribution in [1.82, 2.24) is 10.2 Å². The monoisotopic (exact) mass is 557 g/mol. The van der Waals surface area contributed by atoms with Crippen molar-refractivity contribution in [2.75, 3.05) is 17.1 Å². The number of halogens is 3. The number of nitrogens with zero attached hydrogens (tertiary/aromatic N) is 2. The van der Waals surface area contributed by atoms with Gasteiger partial charge in [-0.2, -0.15) is 0 Å². The lowest BCUT2D eigenvalue weighted by atomic mass is 9.95. The Bertz CT molecular complexity index is 1190. The Morgan fingerprint density at radius 3 is 2.33 bits per heavy atom. The third kappa shape index (κ3) is 7.33. The van der Waals surface area contributed by atoms with Gasteiger partial charge in [0.1, 0.15) is 18.4 Å². The molecule has 1 saturated carbocycles. The number of carbonyl (C=O) groups is 2. The Labute approximate surface area is 221 Å². The number of amides is 2. The van der Waals surface area contributed by atoms with Gasteiger partial charge in [-0.25, -0.2) is 12.8 Å². The van der Waals surface area contributed by atoms with Crippen molar-refractivity contribution < 1.29 is 22.4 Å². The van der Waals surface area contributed by atoms with Crippen LogP contribution in [0.15, 0.2) is 42.5 Å². The van der Waals surface area contributed by atoms with E-state index in [2.05, 4.69) is 5.32 Å². The van der Waals surface area contributed by atoms with Crippen LogP contribution in [-0.4, -0.2) is 50.0 Å². The van der Waals surface area contributed by atoms with Crippen LogP contribution < -0.4 is 9.62 Å². The van der Waals surface area contributed by atoms with E-state index in [0.717, 1.165) is 42.7 Å². The van der Waals surface area contributed by atoms with Crippen molar-refractivity contribution >= 4 is 50.7 Å². The maximum absolute atomic E-state index is 13.6. The van der Waals surface area contributed by atoms with Crippen LogP contribution in [0.3, 0.4) is 0 Å². The van der Waals surface area contributed by atoms with Gasteiger partial charge in [0.25, 0.3) is 0 Å². The van der Waals surface area contributed by atoms with E-state index < -0.39 is 34.3 Å². The van der Waals surface area contributed by atoms with E-state index in [9.17, 15) is 22.4 Å². The van der Waals surface area contributed by atoms with Gasteiger partial charge in [-0.3, -0.25) is 13.9 Å². The highest BCUT2D eigenvalue weighted by Gasteiger charge is 2.32. The minimum Gasteiger partial charge on any atom is -0.352 e. The average molecular weight is 559 g/mol. The van der Waals surface area contributed by atoms with Crippen molar-refractivity contribution in [2.24, 2.45) is 0 Å². The van der Waals surface area contributed by atoms with Crippen molar-refractivity contribution in [3.63, 3.8) is 0 Å². The van der Waals surface area contributed by atoms with Crippen molar-refractivity contribution in [3.8, 4) is 0 Å². The summed E-state index contributed by atoms with van der Waals surface area (Å²) in [7, 11) is -3.94. The molecule has 7 nitrogen and oxygen atoms in total. The summed E-state index contributed by atoms with van der Waals surface area (Å²) in [5, 5.41) is 3.15. The third-order valence-electron chi connectivity index (χ3n) is 6.26. The molecule has 2 amide bonds. The summed E-state index contributed by atoms with van der Waals surface area (Å²) in [5.74, 6) is -1.38. The summed E-state index contributed by atoms with van der Waals surface area (Å²) < 4.78 is 39.6. The number of hydrogen-bond acceptors (Lipinski definition) is 4. The summed E-state index contributed by atoms with van der Waals surface area (Å²) in [6.45, 7) is 0.983. The summed E-state index contributed by atoms with van der Waals surface area (Å²) in [6.07, 6.45) is 5.90. The minimum absolute atomic E-state index is 0.00873. The van der Waals surface area contributed by atoms with Crippen LogP contribution in [-0.2, 0) is 26.2 Å². The molecule has 196 valence electrons. The zero-order chi connectivity index (χ0) is 26.5. The maximum Gasteiger partial charge on any atom is 0.244 e. The molecule has 0 saturated heterocycles. The molecule has 2 aromatic rings. The third-order valence-corrected chi connectivity index (χ3v) is 8.20.